The van der Waals surface area contributed by atoms with Crippen LogP contribution in [-0.4, -0.2) is 37.0 Å². The summed E-state index contributed by atoms with van der Waals surface area (Å²) in [6.45, 7) is 2.00. The number of fused-ring (bicyclic) bond motifs is 1. The van der Waals surface area contributed by atoms with E-state index in [0.717, 1.165) is 26.1 Å². The van der Waals surface area contributed by atoms with Crippen LogP contribution < -0.4 is 10.9 Å². The molecular formula is C15H13BClFN2O7. The van der Waals surface area contributed by atoms with Crippen LogP contribution in [-0.2, 0) is 23.6 Å². The van der Waals surface area contributed by atoms with E-state index in [9.17, 15) is 23.6 Å². The van der Waals surface area contributed by atoms with Gasteiger partial charge in [0.2, 0.25) is 5.43 Å². The first-order valence-corrected chi connectivity index (χ1v) is 7.79. The van der Waals surface area contributed by atoms with Gasteiger partial charge >= 0.3 is 13.3 Å². The average molecular weight is 399 g/mol. The first-order chi connectivity index (χ1) is 12.6. The molecule has 0 saturated carbocycles. The van der Waals surface area contributed by atoms with Gasteiger partial charge in [-0.15, -0.1) is 0 Å². The number of rotatable bonds is 5. The second-order valence-corrected chi connectivity index (χ2v) is 5.57. The third-order valence-corrected chi connectivity index (χ3v) is 3.52. The van der Waals surface area contributed by atoms with Crippen LogP contribution in [0.2, 0.25) is 5.02 Å². The molecule has 0 aliphatic rings. The second-order valence-electron chi connectivity index (χ2n) is 5.16. The molecule has 9 nitrogen and oxygen atoms in total. The zero-order valence-electron chi connectivity index (χ0n) is 14.4. The molecule has 27 heavy (non-hydrogen) atoms. The van der Waals surface area contributed by atoms with E-state index in [1.807, 2.05) is 0 Å². The molecule has 1 N–H and O–H groups in total. The molecule has 142 valence electrons. The fourth-order valence-electron chi connectivity index (χ4n) is 2.14. The van der Waals surface area contributed by atoms with E-state index in [1.54, 1.807) is 0 Å². The Morgan fingerprint density at radius 3 is 2.26 bits per heavy atom. The Morgan fingerprint density at radius 2 is 1.74 bits per heavy atom. The Balaban J connectivity index is 2.50. The predicted molar refractivity (Wildman–Crippen MR) is 93.2 cm³/mol. The summed E-state index contributed by atoms with van der Waals surface area (Å²) in [5, 5.41) is -0.372. The van der Waals surface area contributed by atoms with Crippen LogP contribution in [0.15, 0.2) is 23.1 Å². The van der Waals surface area contributed by atoms with Gasteiger partial charge in [-0.3, -0.25) is 19.1 Å². The first kappa shape index (κ1) is 20.2. The summed E-state index contributed by atoms with van der Waals surface area (Å²) in [6.07, 6.45) is 1.08. The first-order valence-electron chi connectivity index (χ1n) is 7.41. The van der Waals surface area contributed by atoms with Crippen molar-refractivity contribution < 1.29 is 32.7 Å². The molecule has 2 aromatic rings. The quantitative estimate of drug-likeness (QED) is 0.749. The summed E-state index contributed by atoms with van der Waals surface area (Å²) in [5.41, 5.74) is 1.50. The van der Waals surface area contributed by atoms with Crippen molar-refractivity contribution in [2.75, 3.05) is 12.5 Å². The zero-order valence-corrected chi connectivity index (χ0v) is 15.1. The molecule has 1 aromatic carbocycles. The molecule has 0 spiro atoms. The normalized spacial score (nSPS) is 10.3. The van der Waals surface area contributed by atoms with Crippen molar-refractivity contribution in [3.63, 3.8) is 0 Å². The van der Waals surface area contributed by atoms with Crippen molar-refractivity contribution in [2.45, 2.75) is 13.8 Å². The minimum absolute atomic E-state index is 0.155. The highest BCUT2D eigenvalue weighted by molar-refractivity contribution is 6.44. The summed E-state index contributed by atoms with van der Waals surface area (Å²) >= 11 is 5.73. The van der Waals surface area contributed by atoms with Crippen LogP contribution in [0.3, 0.4) is 0 Å². The molecule has 1 aromatic heterocycles. The van der Waals surface area contributed by atoms with Crippen LogP contribution in [0, 0.1) is 5.82 Å². The van der Waals surface area contributed by atoms with Crippen molar-refractivity contribution >= 4 is 47.7 Å². The maximum Gasteiger partial charge on any atom is 0.870 e. The highest BCUT2D eigenvalue weighted by Gasteiger charge is 2.36. The van der Waals surface area contributed by atoms with Gasteiger partial charge in [-0.25, -0.2) is 9.18 Å². The SMILES string of the molecule is CNn1cc(C(=O)OB(OC(C)=O)OC(C)=O)c(=O)c2cc(F)c(Cl)cc21. The number of benzene rings is 1. The Kier molecular flexibility index (Phi) is 6.06. The van der Waals surface area contributed by atoms with Gasteiger partial charge in [0.05, 0.1) is 15.9 Å². The number of nitrogens with zero attached hydrogens (tertiary/aromatic N) is 1. The number of nitrogens with one attached hydrogen (secondary N) is 1. The maximum absolute atomic E-state index is 13.8. The molecule has 0 atom stereocenters. The van der Waals surface area contributed by atoms with Crippen molar-refractivity contribution in [1.82, 2.24) is 4.68 Å². The van der Waals surface area contributed by atoms with Gasteiger partial charge in [0.25, 0.3) is 11.9 Å². The fourth-order valence-corrected chi connectivity index (χ4v) is 2.30. The molecule has 0 aliphatic heterocycles. The zero-order chi connectivity index (χ0) is 20.3. The van der Waals surface area contributed by atoms with Crippen LogP contribution in [0.5, 0.6) is 0 Å². The lowest BCUT2D eigenvalue weighted by atomic mass is 10.1. The van der Waals surface area contributed by atoms with E-state index < -0.39 is 42.0 Å². The number of pyridine rings is 1. The largest absolute Gasteiger partial charge is 0.870 e. The smallest absolute Gasteiger partial charge is 0.462 e. The minimum atomic E-state index is -1.98. The molecule has 0 radical (unpaired) electrons. The maximum atomic E-state index is 13.8. The third kappa shape index (κ3) is 4.56. The van der Waals surface area contributed by atoms with E-state index in [0.29, 0.717) is 0 Å². The van der Waals surface area contributed by atoms with Crippen molar-refractivity contribution in [1.29, 1.82) is 0 Å². The molecule has 0 amide bonds. The van der Waals surface area contributed by atoms with Gasteiger partial charge in [0.1, 0.15) is 11.4 Å². The second kappa shape index (κ2) is 8.08. The molecular weight excluding hydrogens is 385 g/mol. The lowest BCUT2D eigenvalue weighted by Gasteiger charge is -2.14. The standard InChI is InChI=1S/C15H13BClFN2O7/c1-7(21)25-16(26-8(2)22)27-15(24)10-6-20(19-3)13-5-11(17)12(18)4-9(13)14(10)23/h4-6,19H,1-3H3. The Bertz CT molecular complexity index is 978. The molecule has 0 fully saturated rings. The summed E-state index contributed by atoms with van der Waals surface area (Å²) in [7, 11) is -0.496. The lowest BCUT2D eigenvalue weighted by Crippen LogP contribution is -2.35. The van der Waals surface area contributed by atoms with Crippen LogP contribution in [0.4, 0.5) is 4.39 Å². The lowest BCUT2D eigenvalue weighted by molar-refractivity contribution is -0.139. The summed E-state index contributed by atoms with van der Waals surface area (Å²) in [5.74, 6) is -3.89. The van der Waals surface area contributed by atoms with Gasteiger partial charge in [0.15, 0.2) is 0 Å². The average Bonchev–Trinajstić information content (AvgIpc) is 2.55. The number of halogens is 2. The van der Waals surface area contributed by atoms with Crippen molar-refractivity contribution in [2.24, 2.45) is 0 Å². The van der Waals surface area contributed by atoms with Crippen LogP contribution >= 0.6 is 11.6 Å². The van der Waals surface area contributed by atoms with Crippen LogP contribution in [0.1, 0.15) is 24.2 Å². The van der Waals surface area contributed by atoms with Crippen molar-refractivity contribution in [3.8, 4) is 0 Å². The predicted octanol–water partition coefficient (Wildman–Crippen LogP) is 1.24. The number of hydrogen-bond acceptors (Lipinski definition) is 8. The molecule has 2 rings (SSSR count). The van der Waals surface area contributed by atoms with Gasteiger partial charge in [-0.05, 0) is 12.1 Å². The number of aromatic nitrogens is 1. The topological polar surface area (TPSA) is 113 Å². The van der Waals surface area contributed by atoms with Crippen molar-refractivity contribution in [3.05, 3.63) is 45.0 Å². The fraction of sp³-hybridized carbons (Fsp3) is 0.200. The van der Waals surface area contributed by atoms with E-state index in [-0.39, 0.29) is 15.9 Å². The number of carbonyl (C=O) groups is 3. The van der Waals surface area contributed by atoms with Gasteiger partial charge < -0.3 is 19.4 Å². The molecule has 12 heteroatoms. The summed E-state index contributed by atoms with van der Waals surface area (Å²) in [6, 6.07) is 2.08. The molecule has 0 aliphatic carbocycles. The molecule has 0 saturated heterocycles. The van der Waals surface area contributed by atoms with Gasteiger partial charge in [0, 0.05) is 27.1 Å². The Labute approximate surface area is 157 Å². The summed E-state index contributed by atoms with van der Waals surface area (Å²) < 4.78 is 28.8. The van der Waals surface area contributed by atoms with Crippen LogP contribution in [0.25, 0.3) is 10.9 Å². The van der Waals surface area contributed by atoms with E-state index in [1.165, 1.54) is 17.8 Å². The highest BCUT2D eigenvalue weighted by Crippen LogP contribution is 2.21. The Hall–Kier alpha value is -3.08. The highest BCUT2D eigenvalue weighted by atomic mass is 35.5. The summed E-state index contributed by atoms with van der Waals surface area (Å²) in [4.78, 5) is 47.0. The van der Waals surface area contributed by atoms with Gasteiger partial charge in [-0.1, -0.05) is 11.6 Å². The van der Waals surface area contributed by atoms with E-state index >= 15 is 0 Å². The number of carbonyl (C=O) groups excluding carboxylic acids is 3. The third-order valence-electron chi connectivity index (χ3n) is 3.23. The van der Waals surface area contributed by atoms with Gasteiger partial charge in [-0.2, -0.15) is 0 Å². The molecule has 0 unspecified atom stereocenters. The number of hydrogen-bond donors (Lipinski definition) is 1. The molecule has 0 bridgehead atoms. The monoisotopic (exact) mass is 398 g/mol. The minimum Gasteiger partial charge on any atom is -0.462 e. The molecule has 1 heterocycles. The Morgan fingerprint density at radius 1 is 1.15 bits per heavy atom. The van der Waals surface area contributed by atoms with E-state index in [2.05, 4.69) is 14.7 Å². The van der Waals surface area contributed by atoms with E-state index in [4.69, 9.17) is 16.3 Å².